The molecular weight excluding hydrogens is 119 g/mol. The lowest BCUT2D eigenvalue weighted by molar-refractivity contribution is 1.09. The van der Waals surface area contributed by atoms with Crippen LogP contribution in [0, 0.1) is 12.8 Å². The van der Waals surface area contributed by atoms with Gasteiger partial charge in [0.25, 0.3) is 0 Å². The van der Waals surface area contributed by atoms with Crippen LogP contribution in [0.25, 0.3) is 0 Å². The van der Waals surface area contributed by atoms with E-state index in [1.807, 2.05) is 0 Å². The molecule has 0 aliphatic heterocycles. The number of halogens is 2. The molecule has 35 valence electrons. The Morgan fingerprint density at radius 1 is 1.67 bits per heavy atom. The first-order chi connectivity index (χ1) is 2.63. The van der Waals surface area contributed by atoms with Gasteiger partial charge in [-0.25, -0.2) is 0 Å². The van der Waals surface area contributed by atoms with Crippen LogP contribution >= 0.6 is 23.2 Å². The maximum absolute atomic E-state index is 5.49. The SMILES string of the molecule is [CH2]C1CC1(Cl)Cl. The minimum Gasteiger partial charge on any atom is -0.101 e. The van der Waals surface area contributed by atoms with Crippen LogP contribution in [0.1, 0.15) is 6.42 Å². The van der Waals surface area contributed by atoms with Crippen LogP contribution in [0.2, 0.25) is 0 Å². The molecule has 1 fully saturated rings. The molecule has 1 aliphatic rings. The van der Waals surface area contributed by atoms with E-state index in [4.69, 9.17) is 23.2 Å². The third-order valence-corrected chi connectivity index (χ3v) is 1.88. The van der Waals surface area contributed by atoms with Crippen LogP contribution < -0.4 is 0 Å². The van der Waals surface area contributed by atoms with E-state index in [0.29, 0.717) is 0 Å². The van der Waals surface area contributed by atoms with Gasteiger partial charge in [-0.3, -0.25) is 0 Å². The summed E-state index contributed by atoms with van der Waals surface area (Å²) in [6.07, 6.45) is 0.857. The summed E-state index contributed by atoms with van der Waals surface area (Å²) in [5.74, 6) is 0.279. The van der Waals surface area contributed by atoms with E-state index in [-0.39, 0.29) is 5.92 Å². The Kier molecular flexibility index (Phi) is 0.825. The summed E-state index contributed by atoms with van der Waals surface area (Å²) in [5.41, 5.74) is 0. The van der Waals surface area contributed by atoms with Crippen LogP contribution in [0.15, 0.2) is 0 Å². The summed E-state index contributed by atoms with van der Waals surface area (Å²) in [7, 11) is 0. The summed E-state index contributed by atoms with van der Waals surface area (Å²) < 4.78 is -0.458. The quantitative estimate of drug-likeness (QED) is 0.433. The van der Waals surface area contributed by atoms with Crippen molar-refractivity contribution in [3.63, 3.8) is 0 Å². The van der Waals surface area contributed by atoms with Crippen LogP contribution in [-0.4, -0.2) is 4.33 Å². The van der Waals surface area contributed by atoms with Crippen LogP contribution in [-0.2, 0) is 0 Å². The molecular formula is C4H5Cl2. The first-order valence-corrected chi connectivity index (χ1v) is 2.59. The van der Waals surface area contributed by atoms with Gasteiger partial charge in [0.05, 0.1) is 0 Å². The molecule has 0 aromatic carbocycles. The number of hydrogen-bond donors (Lipinski definition) is 0. The third-order valence-electron chi connectivity index (χ3n) is 0.956. The third kappa shape index (κ3) is 0.640. The lowest BCUT2D eigenvalue weighted by Crippen LogP contribution is -1.82. The van der Waals surface area contributed by atoms with E-state index >= 15 is 0 Å². The summed E-state index contributed by atoms with van der Waals surface area (Å²) in [6, 6.07) is 0. The largest absolute Gasteiger partial charge is 0.121 e. The molecule has 2 heteroatoms. The molecule has 1 rings (SSSR count). The van der Waals surface area contributed by atoms with Gasteiger partial charge in [0.15, 0.2) is 0 Å². The van der Waals surface area contributed by atoms with E-state index < -0.39 is 4.33 Å². The molecule has 0 aromatic rings. The highest BCUT2D eigenvalue weighted by Gasteiger charge is 2.47. The van der Waals surface area contributed by atoms with Crippen molar-refractivity contribution >= 4 is 23.2 Å². The summed E-state index contributed by atoms with van der Waals surface area (Å²) in [5, 5.41) is 0. The summed E-state index contributed by atoms with van der Waals surface area (Å²) in [6.45, 7) is 3.64. The topological polar surface area (TPSA) is 0 Å². The molecule has 1 unspecified atom stereocenters. The minimum atomic E-state index is -0.458. The predicted octanol–water partition coefficient (Wildman–Crippen LogP) is 2.01. The smallest absolute Gasteiger partial charge is 0.101 e. The van der Waals surface area contributed by atoms with Gasteiger partial charge in [-0.05, 0) is 19.3 Å². The molecule has 6 heavy (non-hydrogen) atoms. The van der Waals surface area contributed by atoms with Gasteiger partial charge in [-0.2, -0.15) is 0 Å². The van der Waals surface area contributed by atoms with Gasteiger partial charge in [0.1, 0.15) is 4.33 Å². The summed E-state index contributed by atoms with van der Waals surface area (Å²) in [4.78, 5) is 0. The Morgan fingerprint density at radius 2 is 1.83 bits per heavy atom. The second-order valence-corrected chi connectivity index (χ2v) is 3.20. The van der Waals surface area contributed by atoms with Crippen molar-refractivity contribution in [2.75, 3.05) is 0 Å². The zero-order valence-corrected chi connectivity index (χ0v) is 4.76. The standard InChI is InChI=1S/C4H5Cl2/c1-3-2-4(3,5)6/h3H,1-2H2. The highest BCUT2D eigenvalue weighted by Crippen LogP contribution is 2.52. The van der Waals surface area contributed by atoms with Crippen molar-refractivity contribution in [1.82, 2.24) is 0 Å². The minimum absolute atomic E-state index is 0.279. The monoisotopic (exact) mass is 123 g/mol. The normalized spacial score (nSPS) is 39.5. The van der Waals surface area contributed by atoms with E-state index in [0.717, 1.165) is 6.42 Å². The van der Waals surface area contributed by atoms with Gasteiger partial charge < -0.3 is 0 Å². The molecule has 1 radical (unpaired) electrons. The molecule has 1 atom stereocenters. The average Bonchev–Trinajstić information content (AvgIpc) is 1.73. The summed E-state index contributed by atoms with van der Waals surface area (Å²) >= 11 is 11.0. The molecule has 0 aromatic heterocycles. The fraction of sp³-hybridized carbons (Fsp3) is 0.750. The molecule has 0 N–H and O–H groups in total. The van der Waals surface area contributed by atoms with Crippen molar-refractivity contribution in [3.05, 3.63) is 6.92 Å². The van der Waals surface area contributed by atoms with E-state index in [2.05, 4.69) is 6.92 Å². The second kappa shape index (κ2) is 1.05. The lowest BCUT2D eigenvalue weighted by Gasteiger charge is -1.85. The molecule has 1 saturated carbocycles. The zero-order chi connectivity index (χ0) is 4.78. The van der Waals surface area contributed by atoms with E-state index in [1.54, 1.807) is 0 Å². The van der Waals surface area contributed by atoms with Crippen LogP contribution in [0.3, 0.4) is 0 Å². The Balaban J connectivity index is 2.41. The first kappa shape index (κ1) is 4.73. The molecule has 0 amide bonds. The molecule has 0 bridgehead atoms. The molecule has 0 heterocycles. The Morgan fingerprint density at radius 3 is 1.83 bits per heavy atom. The molecule has 0 spiro atoms. The predicted molar refractivity (Wildman–Crippen MR) is 27.9 cm³/mol. The van der Waals surface area contributed by atoms with Crippen molar-refractivity contribution in [1.29, 1.82) is 0 Å². The van der Waals surface area contributed by atoms with Crippen molar-refractivity contribution in [2.24, 2.45) is 5.92 Å². The van der Waals surface area contributed by atoms with Gasteiger partial charge >= 0.3 is 0 Å². The lowest BCUT2D eigenvalue weighted by atomic mass is 10.5. The van der Waals surface area contributed by atoms with Crippen molar-refractivity contribution in [2.45, 2.75) is 10.8 Å². The first-order valence-electron chi connectivity index (χ1n) is 1.84. The van der Waals surface area contributed by atoms with E-state index in [1.165, 1.54) is 0 Å². The van der Waals surface area contributed by atoms with Gasteiger partial charge in [-0.1, -0.05) is 0 Å². The Hall–Kier alpha value is 0.580. The Labute approximate surface area is 47.4 Å². The van der Waals surface area contributed by atoms with Gasteiger partial charge in [-0.15, -0.1) is 23.2 Å². The van der Waals surface area contributed by atoms with Crippen molar-refractivity contribution in [3.8, 4) is 0 Å². The molecule has 1 aliphatic carbocycles. The second-order valence-electron chi connectivity index (χ2n) is 1.66. The highest BCUT2D eigenvalue weighted by atomic mass is 35.5. The maximum Gasteiger partial charge on any atom is 0.121 e. The van der Waals surface area contributed by atoms with Crippen LogP contribution in [0.4, 0.5) is 0 Å². The van der Waals surface area contributed by atoms with Crippen LogP contribution in [0.5, 0.6) is 0 Å². The maximum atomic E-state index is 5.49. The van der Waals surface area contributed by atoms with Crippen molar-refractivity contribution < 1.29 is 0 Å². The van der Waals surface area contributed by atoms with E-state index in [9.17, 15) is 0 Å². The van der Waals surface area contributed by atoms with Gasteiger partial charge in [0, 0.05) is 0 Å². The number of hydrogen-bond acceptors (Lipinski definition) is 0. The Bertz CT molecular complexity index is 67.9. The molecule has 0 saturated heterocycles. The fourth-order valence-electron chi connectivity index (χ4n) is 0.270. The number of alkyl halides is 2. The average molecular weight is 124 g/mol. The molecule has 0 nitrogen and oxygen atoms in total. The fourth-order valence-corrected chi connectivity index (χ4v) is 0.642. The number of rotatable bonds is 0. The zero-order valence-electron chi connectivity index (χ0n) is 3.25. The van der Waals surface area contributed by atoms with Gasteiger partial charge in [0.2, 0.25) is 0 Å². The highest BCUT2D eigenvalue weighted by molar-refractivity contribution is 6.50.